The van der Waals surface area contributed by atoms with Gasteiger partial charge in [-0.3, -0.25) is 9.78 Å². The summed E-state index contributed by atoms with van der Waals surface area (Å²) in [6, 6.07) is 28.4. The molecule has 1 aliphatic rings. The van der Waals surface area contributed by atoms with E-state index >= 15 is 0 Å². The van der Waals surface area contributed by atoms with Gasteiger partial charge in [-0.25, -0.2) is 0 Å². The lowest BCUT2D eigenvalue weighted by atomic mass is 9.96. The molecule has 0 unspecified atom stereocenters. The zero-order chi connectivity index (χ0) is 28.7. The molecule has 3 heterocycles. The summed E-state index contributed by atoms with van der Waals surface area (Å²) in [6.45, 7) is 5.79. The largest absolute Gasteiger partial charge is 0.495 e. The molecule has 1 fully saturated rings. The van der Waals surface area contributed by atoms with Gasteiger partial charge in [0.25, 0.3) is 0 Å². The first kappa shape index (κ1) is 26.5. The fourth-order valence-electron chi connectivity index (χ4n) is 5.94. The van der Waals surface area contributed by atoms with E-state index in [4.69, 9.17) is 21.9 Å². The highest BCUT2D eigenvalue weighted by Gasteiger charge is 2.42. The van der Waals surface area contributed by atoms with E-state index < -0.39 is 0 Å². The summed E-state index contributed by atoms with van der Waals surface area (Å²) in [5.74, 6) is 0.401. The topological polar surface area (TPSA) is 71.4 Å². The van der Waals surface area contributed by atoms with Gasteiger partial charge in [0.05, 0.1) is 36.3 Å². The number of rotatable bonds is 6. The van der Waals surface area contributed by atoms with Crippen LogP contribution in [0, 0.1) is 13.8 Å². The molecule has 0 saturated carbocycles. The third-order valence-corrected chi connectivity index (χ3v) is 7.98. The lowest BCUT2D eigenvalue weighted by molar-refractivity contribution is -0.114. The number of aryl methyl sites for hydroxylation is 1. The maximum Gasteiger partial charge on any atom is 0.221 e. The standard InChI is InChI=1S/C33H31N5O2S/c1-20-18-26(21(2)37(20)29-14-9-11-23-10-5-6-12-25(23)29)32-31(27-13-7-8-17-34-27)36-33(41)38(32)24-15-16-30(40-4)28(19-24)35-22(3)39/h5-19,31-32H,1-4H3,(H,35,39)(H,36,41)/t31-,32+/m0/s1. The van der Waals surface area contributed by atoms with Gasteiger partial charge in [-0.1, -0.05) is 42.5 Å². The molecule has 2 N–H and O–H groups in total. The zero-order valence-electron chi connectivity index (χ0n) is 23.4. The van der Waals surface area contributed by atoms with Crippen molar-refractivity contribution in [3.8, 4) is 11.4 Å². The Morgan fingerprint density at radius 1 is 1.00 bits per heavy atom. The summed E-state index contributed by atoms with van der Waals surface area (Å²) in [5.41, 5.74) is 6.84. The molecular weight excluding hydrogens is 530 g/mol. The summed E-state index contributed by atoms with van der Waals surface area (Å²) in [7, 11) is 1.59. The number of nitrogens with one attached hydrogen (secondary N) is 2. The van der Waals surface area contributed by atoms with Gasteiger partial charge in [0.15, 0.2) is 5.11 Å². The number of methoxy groups -OCH3 is 1. The Hall–Kier alpha value is -4.69. The van der Waals surface area contributed by atoms with Gasteiger partial charge in [0, 0.05) is 35.6 Å². The lowest BCUT2D eigenvalue weighted by Crippen LogP contribution is -2.29. The molecule has 206 valence electrons. The van der Waals surface area contributed by atoms with Gasteiger partial charge in [0.2, 0.25) is 5.91 Å². The minimum atomic E-state index is -0.203. The van der Waals surface area contributed by atoms with Crippen molar-refractivity contribution >= 4 is 45.4 Å². The third-order valence-electron chi connectivity index (χ3n) is 7.67. The quantitative estimate of drug-likeness (QED) is 0.223. The molecule has 5 aromatic rings. The van der Waals surface area contributed by atoms with Crippen molar-refractivity contribution in [3.05, 3.63) is 114 Å². The van der Waals surface area contributed by atoms with E-state index in [1.54, 1.807) is 13.3 Å². The van der Waals surface area contributed by atoms with Gasteiger partial charge >= 0.3 is 0 Å². The van der Waals surface area contributed by atoms with E-state index in [1.807, 2.05) is 36.4 Å². The van der Waals surface area contributed by atoms with Crippen LogP contribution in [0.25, 0.3) is 16.5 Å². The molecule has 7 nitrogen and oxygen atoms in total. The van der Waals surface area contributed by atoms with Crippen LogP contribution in [-0.4, -0.2) is 27.7 Å². The van der Waals surface area contributed by atoms with Crippen molar-refractivity contribution in [2.45, 2.75) is 32.9 Å². The van der Waals surface area contributed by atoms with E-state index in [9.17, 15) is 4.79 Å². The van der Waals surface area contributed by atoms with E-state index in [1.165, 1.54) is 17.7 Å². The van der Waals surface area contributed by atoms with Gasteiger partial charge in [0.1, 0.15) is 5.75 Å². The van der Waals surface area contributed by atoms with Crippen LogP contribution in [0.3, 0.4) is 0 Å². The average molecular weight is 562 g/mol. The molecule has 1 aliphatic heterocycles. The van der Waals surface area contributed by atoms with Crippen molar-refractivity contribution in [2.24, 2.45) is 0 Å². The molecule has 2 atom stereocenters. The monoisotopic (exact) mass is 561 g/mol. The van der Waals surface area contributed by atoms with E-state index in [0.717, 1.165) is 34.0 Å². The molecule has 0 bridgehead atoms. The van der Waals surface area contributed by atoms with Crippen LogP contribution in [0.5, 0.6) is 5.75 Å². The Balaban J connectivity index is 1.54. The van der Waals surface area contributed by atoms with Crippen molar-refractivity contribution in [1.82, 2.24) is 14.9 Å². The van der Waals surface area contributed by atoms with Crippen molar-refractivity contribution < 1.29 is 9.53 Å². The summed E-state index contributed by atoms with van der Waals surface area (Å²) in [4.78, 5) is 18.8. The minimum absolute atomic E-state index is 0.177. The average Bonchev–Trinajstić information content (AvgIpc) is 3.47. The van der Waals surface area contributed by atoms with E-state index in [0.29, 0.717) is 16.5 Å². The Morgan fingerprint density at radius 3 is 2.54 bits per heavy atom. The highest BCUT2D eigenvalue weighted by atomic mass is 32.1. The summed E-state index contributed by atoms with van der Waals surface area (Å²) >= 11 is 5.97. The maximum absolute atomic E-state index is 12.0. The van der Waals surface area contributed by atoms with Crippen molar-refractivity contribution in [3.63, 3.8) is 0 Å². The number of hydrogen-bond acceptors (Lipinski definition) is 4. The summed E-state index contributed by atoms with van der Waals surface area (Å²) in [5, 5.41) is 9.41. The number of pyridine rings is 1. The second-order valence-electron chi connectivity index (χ2n) is 10.2. The van der Waals surface area contributed by atoms with Crippen molar-refractivity contribution in [2.75, 3.05) is 17.3 Å². The molecule has 41 heavy (non-hydrogen) atoms. The third kappa shape index (κ3) is 4.70. The van der Waals surface area contributed by atoms with E-state index in [2.05, 4.69) is 82.5 Å². The Kier molecular flexibility index (Phi) is 6.93. The number of carbonyl (C=O) groups is 1. The number of ether oxygens (including phenoxy) is 1. The minimum Gasteiger partial charge on any atom is -0.495 e. The number of benzene rings is 3. The highest BCUT2D eigenvalue weighted by Crippen LogP contribution is 2.45. The first-order valence-corrected chi connectivity index (χ1v) is 13.9. The number of hydrogen-bond donors (Lipinski definition) is 2. The SMILES string of the molecule is COc1ccc(N2C(=S)N[C@@H](c3ccccn3)[C@H]2c2cc(C)n(-c3cccc4ccccc34)c2C)cc1NC(C)=O. The number of thiocarbonyl (C=S) groups is 1. The van der Waals surface area contributed by atoms with Gasteiger partial charge in [-0.15, -0.1) is 0 Å². The van der Waals surface area contributed by atoms with Gasteiger partial charge in [-0.05, 0) is 79.5 Å². The van der Waals surface area contributed by atoms with E-state index in [-0.39, 0.29) is 18.0 Å². The van der Waals surface area contributed by atoms with Gasteiger partial charge in [-0.2, -0.15) is 0 Å². The molecule has 1 amide bonds. The predicted molar refractivity (Wildman–Crippen MR) is 168 cm³/mol. The smallest absolute Gasteiger partial charge is 0.221 e. The van der Waals surface area contributed by atoms with Crippen LogP contribution in [-0.2, 0) is 4.79 Å². The fraction of sp³-hybridized carbons (Fsp3) is 0.182. The molecular formula is C33H31N5O2S. The molecule has 8 heteroatoms. The number of anilines is 2. The summed E-state index contributed by atoms with van der Waals surface area (Å²) < 4.78 is 7.84. The van der Waals surface area contributed by atoms with Crippen LogP contribution in [0.4, 0.5) is 11.4 Å². The predicted octanol–water partition coefficient (Wildman–Crippen LogP) is 6.79. The van der Waals surface area contributed by atoms with Crippen LogP contribution in [0.2, 0.25) is 0 Å². The number of nitrogens with zero attached hydrogens (tertiary/aromatic N) is 3. The second-order valence-corrected chi connectivity index (χ2v) is 10.6. The van der Waals surface area contributed by atoms with Crippen molar-refractivity contribution in [1.29, 1.82) is 0 Å². The normalized spacial score (nSPS) is 16.6. The maximum atomic E-state index is 12.0. The first-order valence-electron chi connectivity index (χ1n) is 13.5. The lowest BCUT2D eigenvalue weighted by Gasteiger charge is -2.29. The zero-order valence-corrected chi connectivity index (χ0v) is 24.2. The Labute approximate surface area is 244 Å². The second kappa shape index (κ2) is 10.7. The van der Waals surface area contributed by atoms with Crippen LogP contribution >= 0.6 is 12.2 Å². The number of amides is 1. The molecule has 1 saturated heterocycles. The molecule has 6 rings (SSSR count). The van der Waals surface area contributed by atoms with Crippen LogP contribution < -0.4 is 20.3 Å². The Bertz CT molecular complexity index is 1780. The molecule has 3 aromatic carbocycles. The number of aromatic nitrogens is 2. The highest BCUT2D eigenvalue weighted by molar-refractivity contribution is 7.80. The van der Waals surface area contributed by atoms with Crippen LogP contribution in [0.15, 0.2) is 91.1 Å². The number of fused-ring (bicyclic) bond motifs is 1. The number of carbonyl (C=O) groups excluding carboxylic acids is 1. The fourth-order valence-corrected chi connectivity index (χ4v) is 6.29. The Morgan fingerprint density at radius 2 is 1.78 bits per heavy atom. The molecule has 0 aliphatic carbocycles. The molecule has 0 radical (unpaired) electrons. The molecule has 0 spiro atoms. The summed E-state index contributed by atoms with van der Waals surface area (Å²) in [6.07, 6.45) is 1.81. The van der Waals surface area contributed by atoms with Crippen LogP contribution in [0.1, 0.15) is 41.7 Å². The molecule has 2 aromatic heterocycles. The van der Waals surface area contributed by atoms with Gasteiger partial charge < -0.3 is 24.8 Å². The first-order chi connectivity index (χ1) is 19.9.